The van der Waals surface area contributed by atoms with Gasteiger partial charge in [0.15, 0.2) is 5.75 Å². The molecule has 40 heavy (non-hydrogen) atoms. The van der Waals surface area contributed by atoms with E-state index in [0.717, 1.165) is 43.1 Å². The predicted molar refractivity (Wildman–Crippen MR) is 155 cm³/mol. The van der Waals surface area contributed by atoms with Crippen LogP contribution < -0.4 is 15.2 Å². The van der Waals surface area contributed by atoms with Crippen LogP contribution in [0, 0.1) is 0 Å². The first-order valence-corrected chi connectivity index (χ1v) is 15.5. The Morgan fingerprint density at radius 2 is 1.85 bits per heavy atom. The molecule has 0 saturated carbocycles. The molecule has 0 amide bonds. The Balaban J connectivity index is 1.89. The van der Waals surface area contributed by atoms with Crippen molar-refractivity contribution in [3.05, 3.63) is 64.8 Å². The number of nitrogens with two attached hydrogens (primary N) is 1. The lowest BCUT2D eigenvalue weighted by molar-refractivity contribution is 0.0534. The summed E-state index contributed by atoms with van der Waals surface area (Å²) in [4.78, 5) is 27.5. The molecule has 1 aliphatic rings. The van der Waals surface area contributed by atoms with Crippen molar-refractivity contribution in [2.45, 2.75) is 84.0 Å². The van der Waals surface area contributed by atoms with Crippen LogP contribution in [0.1, 0.15) is 99.1 Å². The van der Waals surface area contributed by atoms with Crippen molar-refractivity contribution in [3.63, 3.8) is 0 Å². The monoisotopic (exact) mass is 569 g/mol. The fourth-order valence-electron chi connectivity index (χ4n) is 5.12. The van der Waals surface area contributed by atoms with Gasteiger partial charge in [-0.1, -0.05) is 62.9 Å². The maximum absolute atomic E-state index is 14.0. The molecule has 0 aliphatic carbocycles. The highest BCUT2D eigenvalue weighted by atomic mass is 32.2. The average Bonchev–Trinajstić information content (AvgIpc) is 3.47. The summed E-state index contributed by atoms with van der Waals surface area (Å²) in [5, 5.41) is 3.53. The number of fused-ring (bicyclic) bond motifs is 2. The number of rotatable bonds is 10. The van der Waals surface area contributed by atoms with E-state index in [0.29, 0.717) is 29.4 Å². The molecule has 3 aromatic rings. The first kappa shape index (κ1) is 29.8. The number of nitrogens with one attached hydrogen (secondary N) is 1. The zero-order chi connectivity index (χ0) is 29.2. The number of aromatic nitrogens is 1. The maximum atomic E-state index is 14.0. The lowest BCUT2D eigenvalue weighted by Crippen LogP contribution is -2.31. The Morgan fingerprint density at radius 1 is 1.12 bits per heavy atom. The van der Waals surface area contributed by atoms with E-state index in [1.165, 1.54) is 10.6 Å². The van der Waals surface area contributed by atoms with Gasteiger partial charge in [-0.3, -0.25) is 10.1 Å². The van der Waals surface area contributed by atoms with Crippen LogP contribution in [0.4, 0.5) is 4.79 Å². The Bertz CT molecular complexity index is 1520. The van der Waals surface area contributed by atoms with Crippen LogP contribution >= 0.6 is 0 Å². The number of ether oxygens (including phenoxy) is 1. The van der Waals surface area contributed by atoms with Crippen LogP contribution in [0.3, 0.4) is 0 Å². The van der Waals surface area contributed by atoms with Gasteiger partial charge < -0.3 is 14.7 Å². The molecular formula is C30H39N3O6S. The van der Waals surface area contributed by atoms with Gasteiger partial charge in [-0.2, -0.15) is 8.42 Å². The van der Waals surface area contributed by atoms with Crippen molar-refractivity contribution in [1.29, 1.82) is 0 Å². The Labute approximate surface area is 236 Å². The number of Topliss-reactive ketones (excluding diaryl/α,β-unsaturated/α-hetero) is 1. The van der Waals surface area contributed by atoms with Gasteiger partial charge in [0.25, 0.3) is 0 Å². The largest absolute Gasteiger partial charge is 0.443 e. The number of carbonyl (C=O) groups is 2. The van der Waals surface area contributed by atoms with E-state index in [-0.39, 0.29) is 17.2 Å². The molecule has 0 bridgehead atoms. The lowest BCUT2D eigenvalue weighted by atomic mass is 9.98. The molecule has 1 aliphatic heterocycles. The summed E-state index contributed by atoms with van der Waals surface area (Å²) < 4.78 is 37.1. The molecule has 2 heterocycles. The summed E-state index contributed by atoms with van der Waals surface area (Å²) in [7, 11) is -3.96. The summed E-state index contributed by atoms with van der Waals surface area (Å²) in [6, 6.07) is 11.3. The summed E-state index contributed by atoms with van der Waals surface area (Å²) >= 11 is 0. The quantitative estimate of drug-likeness (QED) is 0.179. The van der Waals surface area contributed by atoms with Crippen LogP contribution in [-0.2, 0) is 21.4 Å². The normalized spacial score (nSPS) is 16.1. The van der Waals surface area contributed by atoms with Gasteiger partial charge in [-0.25, -0.2) is 9.36 Å². The molecule has 4 rings (SSSR count). The molecule has 3 N–H and O–H groups in total. The number of hydrogen-bond acceptors (Lipinski definition) is 8. The number of unbranched alkanes of at least 4 members (excludes halogenated alkanes) is 3. The van der Waals surface area contributed by atoms with E-state index in [2.05, 4.69) is 12.2 Å². The van der Waals surface area contributed by atoms with Crippen molar-refractivity contribution < 1.29 is 26.9 Å². The first-order valence-electron chi connectivity index (χ1n) is 13.7. The molecule has 2 atom stereocenters. The van der Waals surface area contributed by atoms with E-state index in [4.69, 9.17) is 14.7 Å². The number of carbonyl (C=O) groups excluding carboxylic acids is 2. The topological polar surface area (TPSA) is 130 Å². The molecule has 2 aromatic carbocycles. The van der Waals surface area contributed by atoms with Crippen LogP contribution in [-0.4, -0.2) is 36.7 Å². The summed E-state index contributed by atoms with van der Waals surface area (Å²) in [5.74, 6) is -0.318. The molecule has 10 heteroatoms. The average molecular weight is 570 g/mol. The first-order chi connectivity index (χ1) is 18.8. The number of benzene rings is 2. The third kappa shape index (κ3) is 6.56. The SMILES string of the molecule is CCCCCCC(N)c1ccc2c(cc(C(=O)C3NCc4ccccc43)n2C(=O)OC(C)(C)C)c1OS(C)(=O)=O. The van der Waals surface area contributed by atoms with Crippen LogP contribution in [0.5, 0.6) is 5.75 Å². The highest BCUT2D eigenvalue weighted by Crippen LogP contribution is 2.39. The second-order valence-electron chi connectivity index (χ2n) is 11.4. The van der Waals surface area contributed by atoms with Gasteiger partial charge in [0, 0.05) is 23.5 Å². The van der Waals surface area contributed by atoms with E-state index in [1.807, 2.05) is 24.3 Å². The van der Waals surface area contributed by atoms with E-state index in [1.54, 1.807) is 32.9 Å². The van der Waals surface area contributed by atoms with Gasteiger partial charge in [-0.05, 0) is 50.5 Å². The zero-order valence-electron chi connectivity index (χ0n) is 23.8. The Hall–Kier alpha value is -3.21. The van der Waals surface area contributed by atoms with Crippen molar-refractivity contribution >= 4 is 32.9 Å². The molecule has 0 radical (unpaired) electrons. The molecule has 9 nitrogen and oxygen atoms in total. The number of ketones is 1. The molecule has 0 saturated heterocycles. The van der Waals surface area contributed by atoms with Gasteiger partial charge in [0.2, 0.25) is 5.78 Å². The minimum Gasteiger partial charge on any atom is -0.443 e. The molecule has 216 valence electrons. The highest BCUT2D eigenvalue weighted by Gasteiger charge is 2.34. The summed E-state index contributed by atoms with van der Waals surface area (Å²) in [6.07, 6.45) is 4.89. The van der Waals surface area contributed by atoms with Gasteiger partial charge >= 0.3 is 16.2 Å². The smallest absolute Gasteiger partial charge is 0.419 e. The summed E-state index contributed by atoms with van der Waals surface area (Å²) in [5.41, 5.74) is 8.39. The molecule has 0 fully saturated rings. The Morgan fingerprint density at radius 3 is 2.52 bits per heavy atom. The second kappa shape index (κ2) is 11.7. The third-order valence-corrected chi connectivity index (χ3v) is 7.39. The maximum Gasteiger partial charge on any atom is 0.419 e. The van der Waals surface area contributed by atoms with Crippen LogP contribution in [0.25, 0.3) is 10.9 Å². The van der Waals surface area contributed by atoms with Crippen LogP contribution in [0.2, 0.25) is 0 Å². The molecule has 0 spiro atoms. The minimum atomic E-state index is -3.96. The van der Waals surface area contributed by atoms with Crippen molar-refractivity contribution in [2.75, 3.05) is 6.26 Å². The third-order valence-electron chi connectivity index (χ3n) is 6.92. The van der Waals surface area contributed by atoms with Crippen molar-refractivity contribution in [2.24, 2.45) is 5.73 Å². The fourth-order valence-corrected chi connectivity index (χ4v) is 5.61. The highest BCUT2D eigenvalue weighted by molar-refractivity contribution is 7.86. The van der Waals surface area contributed by atoms with Crippen molar-refractivity contribution in [3.8, 4) is 5.75 Å². The Kier molecular flexibility index (Phi) is 8.72. The molecular weight excluding hydrogens is 530 g/mol. The predicted octanol–water partition coefficient (Wildman–Crippen LogP) is 5.76. The minimum absolute atomic E-state index is 0.0270. The molecule has 2 unspecified atom stereocenters. The van der Waals surface area contributed by atoms with E-state index >= 15 is 0 Å². The standard InChI is InChI=1S/C30H39N3O6S/c1-6-7-8-9-14-23(31)21-15-16-24-22(28(21)39-40(5,36)37)17-25(33(24)29(35)38-30(2,3)4)27(34)26-20-13-11-10-12-19(20)18-32-26/h10-13,15-17,23,26,32H,6-9,14,18,31H2,1-5H3. The van der Waals surface area contributed by atoms with Gasteiger partial charge in [-0.15, -0.1) is 0 Å². The number of nitrogens with zero attached hydrogens (tertiary/aromatic N) is 1. The van der Waals surface area contributed by atoms with Crippen LogP contribution in [0.15, 0.2) is 42.5 Å². The number of hydrogen-bond donors (Lipinski definition) is 2. The van der Waals surface area contributed by atoms with E-state index in [9.17, 15) is 18.0 Å². The summed E-state index contributed by atoms with van der Waals surface area (Å²) in [6.45, 7) is 7.85. The molecule has 1 aromatic heterocycles. The fraction of sp³-hybridized carbons (Fsp3) is 0.467. The lowest BCUT2D eigenvalue weighted by Gasteiger charge is -2.21. The zero-order valence-corrected chi connectivity index (χ0v) is 24.6. The second-order valence-corrected chi connectivity index (χ2v) is 13.0. The van der Waals surface area contributed by atoms with Gasteiger partial charge in [0.05, 0.1) is 23.5 Å². The van der Waals surface area contributed by atoms with Crippen molar-refractivity contribution in [1.82, 2.24) is 9.88 Å². The van der Waals surface area contributed by atoms with Gasteiger partial charge in [0.1, 0.15) is 5.60 Å². The van der Waals surface area contributed by atoms with E-state index < -0.39 is 33.9 Å².